The van der Waals surface area contributed by atoms with Gasteiger partial charge in [0.2, 0.25) is 0 Å². The predicted octanol–water partition coefficient (Wildman–Crippen LogP) is 0.823. The summed E-state index contributed by atoms with van der Waals surface area (Å²) in [5, 5.41) is 27.1. The van der Waals surface area contributed by atoms with Crippen molar-refractivity contribution in [3.63, 3.8) is 0 Å². The van der Waals surface area contributed by atoms with Crippen LogP contribution in [0.5, 0.6) is 0 Å². The van der Waals surface area contributed by atoms with Crippen molar-refractivity contribution in [2.45, 2.75) is 42.7 Å². The molecule has 1 aliphatic rings. The van der Waals surface area contributed by atoms with Gasteiger partial charge in [0.25, 0.3) is 5.56 Å². The number of aromatic amines is 1. The first-order valence-electron chi connectivity index (χ1n) is 8.31. The molecule has 9 heteroatoms. The van der Waals surface area contributed by atoms with Gasteiger partial charge in [-0.05, 0) is 55.8 Å². The van der Waals surface area contributed by atoms with Gasteiger partial charge in [0.05, 0.1) is 23.1 Å². The van der Waals surface area contributed by atoms with Crippen molar-refractivity contribution >= 4 is 23.3 Å². The summed E-state index contributed by atoms with van der Waals surface area (Å²) in [6.07, 6.45) is 4.58. The second-order valence-electron chi connectivity index (χ2n) is 6.26. The first-order valence-corrected chi connectivity index (χ1v) is 9.19. The molecule has 1 aromatic heterocycles. The van der Waals surface area contributed by atoms with Gasteiger partial charge in [-0.2, -0.15) is 0 Å². The van der Waals surface area contributed by atoms with Crippen molar-refractivity contribution in [2.24, 2.45) is 5.14 Å². The predicted molar refractivity (Wildman–Crippen MR) is 109 cm³/mol. The maximum atomic E-state index is 12.4. The van der Waals surface area contributed by atoms with Crippen LogP contribution in [-0.2, 0) is 0 Å². The summed E-state index contributed by atoms with van der Waals surface area (Å²) in [7, 11) is 0. The Labute approximate surface area is 161 Å². The van der Waals surface area contributed by atoms with E-state index in [4.69, 9.17) is 10.5 Å². The number of aliphatic hydroxyl groups excluding tert-OH is 1. The topological polar surface area (TPSA) is 178 Å². The summed E-state index contributed by atoms with van der Waals surface area (Å²) < 4.78 is 0. The Morgan fingerprint density at radius 2 is 1.78 bits per heavy atom. The van der Waals surface area contributed by atoms with Crippen LogP contribution in [0.4, 0.5) is 5.69 Å². The van der Waals surface area contributed by atoms with Crippen LogP contribution in [-0.4, -0.2) is 38.9 Å². The van der Waals surface area contributed by atoms with E-state index in [2.05, 4.69) is 10.3 Å². The molecule has 0 atom stereocenters. The monoisotopic (exact) mass is 394 g/mol. The zero-order valence-corrected chi connectivity index (χ0v) is 15.6. The van der Waals surface area contributed by atoms with Crippen LogP contribution in [0.15, 0.2) is 46.2 Å². The van der Waals surface area contributed by atoms with E-state index in [-0.39, 0.29) is 34.4 Å². The number of nitrogens with one attached hydrogen (secondary N) is 3. The molecule has 0 amide bonds. The lowest BCUT2D eigenvalue weighted by atomic mass is 9.92. The third kappa shape index (κ3) is 5.41. The summed E-state index contributed by atoms with van der Waals surface area (Å²) in [4.78, 5) is 15.9. The van der Waals surface area contributed by atoms with Gasteiger partial charge in [-0.1, -0.05) is 12.1 Å². The quantitative estimate of drug-likeness (QED) is 0.371. The Morgan fingerprint density at radius 3 is 2.37 bits per heavy atom. The van der Waals surface area contributed by atoms with Crippen LogP contribution in [0.25, 0.3) is 0 Å². The highest BCUT2D eigenvalue weighted by Gasteiger charge is 2.22. The largest absolute Gasteiger partial charge is 0.412 e. The summed E-state index contributed by atoms with van der Waals surface area (Å²) in [5.74, 6) is 0. The number of aromatic nitrogens is 1. The van der Waals surface area contributed by atoms with Gasteiger partial charge in [0, 0.05) is 22.7 Å². The molecule has 1 aromatic carbocycles. The van der Waals surface area contributed by atoms with E-state index in [1.165, 1.54) is 0 Å². The molecule has 0 unspecified atom stereocenters. The summed E-state index contributed by atoms with van der Waals surface area (Å²) in [5.41, 5.74) is 1.54. The minimum Gasteiger partial charge on any atom is -0.412 e. The van der Waals surface area contributed by atoms with Gasteiger partial charge in [-0.15, -0.1) is 0 Å². The van der Waals surface area contributed by atoms with E-state index < -0.39 is 0 Å². The molecule has 2 aromatic rings. The van der Waals surface area contributed by atoms with Gasteiger partial charge in [-0.25, -0.2) is 0 Å². The van der Waals surface area contributed by atoms with Crippen molar-refractivity contribution in [1.82, 2.24) is 4.98 Å². The molecule has 148 valence electrons. The lowest BCUT2D eigenvalue weighted by molar-refractivity contribution is 0.126. The molecule has 0 saturated heterocycles. The van der Waals surface area contributed by atoms with Crippen LogP contribution in [0.2, 0.25) is 0 Å². The Kier molecular flexibility index (Phi) is 8.67. The normalized spacial score (nSPS) is 18.7. The fourth-order valence-corrected chi connectivity index (χ4v) is 3.42. The first kappa shape index (κ1) is 22.9. The van der Waals surface area contributed by atoms with Crippen LogP contribution in [0, 0.1) is 5.41 Å². The van der Waals surface area contributed by atoms with Gasteiger partial charge < -0.3 is 26.4 Å². The van der Waals surface area contributed by atoms with Gasteiger partial charge >= 0.3 is 0 Å². The van der Waals surface area contributed by atoms with Crippen LogP contribution >= 0.6 is 11.9 Å². The Morgan fingerprint density at radius 1 is 1.15 bits per heavy atom. The van der Waals surface area contributed by atoms with Gasteiger partial charge in [0.1, 0.15) is 0 Å². The maximum Gasteiger partial charge on any atom is 0.259 e. The minimum absolute atomic E-state index is 0. The van der Waals surface area contributed by atoms with Gasteiger partial charge in [-0.3, -0.25) is 15.3 Å². The molecule has 3 rings (SSSR count). The summed E-state index contributed by atoms with van der Waals surface area (Å²) in [6.45, 7) is 0. The van der Waals surface area contributed by atoms with Crippen molar-refractivity contribution in [3.05, 3.63) is 58.0 Å². The van der Waals surface area contributed by atoms with Crippen LogP contribution in [0.3, 0.4) is 0 Å². The van der Waals surface area contributed by atoms with Gasteiger partial charge in [0.15, 0.2) is 0 Å². The Balaban J connectivity index is 0.00000182. The number of nitrogens with two attached hydrogens (primary N) is 1. The number of H-pyrrole nitrogens is 1. The molecule has 1 aliphatic carbocycles. The molecule has 1 fully saturated rings. The van der Waals surface area contributed by atoms with Crippen molar-refractivity contribution in [1.29, 1.82) is 5.41 Å². The third-order valence-electron chi connectivity index (χ3n) is 4.55. The first-order chi connectivity index (χ1) is 12.1. The number of anilines is 1. The number of hydrogen-bond acceptors (Lipinski definition) is 6. The second kappa shape index (κ2) is 10.2. The fraction of sp³-hybridized carbons (Fsp3) is 0.333. The zero-order chi connectivity index (χ0) is 17.8. The van der Waals surface area contributed by atoms with E-state index >= 15 is 0 Å². The highest BCUT2D eigenvalue weighted by molar-refractivity contribution is 7.97. The third-order valence-corrected chi connectivity index (χ3v) is 5.09. The highest BCUT2D eigenvalue weighted by Crippen LogP contribution is 2.24. The molecule has 27 heavy (non-hydrogen) atoms. The number of rotatable bonds is 5. The molecule has 0 radical (unpaired) electrons. The molecule has 0 spiro atoms. The average Bonchev–Trinajstić information content (AvgIpc) is 2.63. The SMILES string of the molecule is N=C(c1ccc(SN)cc1)c1c(NC2CCC(O)CC2)cc[nH]c1=O.O.O. The lowest BCUT2D eigenvalue weighted by Crippen LogP contribution is -2.30. The molecule has 10 N–H and O–H groups in total. The smallest absolute Gasteiger partial charge is 0.259 e. The number of hydrogen-bond donors (Lipinski definition) is 5. The van der Waals surface area contributed by atoms with Crippen LogP contribution in [0.1, 0.15) is 36.8 Å². The molecule has 0 bridgehead atoms. The maximum absolute atomic E-state index is 12.4. The van der Waals surface area contributed by atoms with E-state index in [0.29, 0.717) is 16.8 Å². The molecule has 1 heterocycles. The molecular weight excluding hydrogens is 368 g/mol. The average molecular weight is 394 g/mol. The molecule has 8 nitrogen and oxygen atoms in total. The second-order valence-corrected chi connectivity index (χ2v) is 6.97. The highest BCUT2D eigenvalue weighted by atomic mass is 32.2. The van der Waals surface area contributed by atoms with Crippen LogP contribution < -0.4 is 16.0 Å². The van der Waals surface area contributed by atoms with E-state index in [0.717, 1.165) is 42.5 Å². The van der Waals surface area contributed by atoms with E-state index in [1.54, 1.807) is 24.4 Å². The minimum atomic E-state index is -0.289. The number of pyridine rings is 1. The van der Waals surface area contributed by atoms with Crippen molar-refractivity contribution < 1.29 is 16.1 Å². The van der Waals surface area contributed by atoms with Crippen molar-refractivity contribution in [3.8, 4) is 0 Å². The Hall–Kier alpha value is -2.17. The van der Waals surface area contributed by atoms with Crippen molar-refractivity contribution in [2.75, 3.05) is 5.32 Å². The standard InChI is InChI=1S/C18H22N4O2S.2H2O/c19-17(11-1-7-14(25-20)8-2-11)16-15(9-10-21-18(16)24)22-12-3-5-13(23)6-4-12;;/h1-2,7-10,12-13,19,23H,3-6,20H2,(H2,21,22,24);2*1H2. The van der Waals surface area contributed by atoms with E-state index in [1.807, 2.05) is 12.1 Å². The lowest BCUT2D eigenvalue weighted by Gasteiger charge is -2.27. The summed E-state index contributed by atoms with van der Waals surface area (Å²) in [6, 6.07) is 9.26. The summed E-state index contributed by atoms with van der Waals surface area (Å²) >= 11 is 1.14. The fourth-order valence-electron chi connectivity index (χ4n) is 3.13. The molecule has 0 aliphatic heterocycles. The number of benzene rings is 1. The molecule has 1 saturated carbocycles. The zero-order valence-electron chi connectivity index (χ0n) is 14.8. The Bertz CT molecular complexity index is 802. The number of aliphatic hydroxyl groups is 1. The molecular formula is C18H26N4O4S. The van der Waals surface area contributed by atoms with E-state index in [9.17, 15) is 9.90 Å².